The molecule has 0 amide bonds. The van der Waals surface area contributed by atoms with Gasteiger partial charge in [0.15, 0.2) is 0 Å². The molecule has 0 aliphatic carbocycles. The highest BCUT2D eigenvalue weighted by atomic mass is 16.5. The van der Waals surface area contributed by atoms with E-state index >= 15 is 0 Å². The zero-order valence-corrected chi connectivity index (χ0v) is 11.6. The van der Waals surface area contributed by atoms with Crippen molar-refractivity contribution in [3.63, 3.8) is 0 Å². The number of aromatic hydroxyl groups is 1. The highest BCUT2D eigenvalue weighted by Crippen LogP contribution is 2.38. The first-order valence-electron chi connectivity index (χ1n) is 6.20. The van der Waals surface area contributed by atoms with Crippen LogP contribution in [0.5, 0.6) is 17.2 Å². The van der Waals surface area contributed by atoms with Gasteiger partial charge in [-0.05, 0) is 18.8 Å². The molecule has 102 valence electrons. The number of hydrogen-bond acceptors (Lipinski definition) is 4. The summed E-state index contributed by atoms with van der Waals surface area (Å²) in [5.41, 5.74) is 7.02. The molecule has 4 nitrogen and oxygen atoms in total. The van der Waals surface area contributed by atoms with Crippen molar-refractivity contribution in [3.8, 4) is 17.2 Å². The number of phenolic OH excluding ortho intramolecular Hbond substituents is 1. The molecule has 0 saturated carbocycles. The molecule has 0 fully saturated rings. The maximum Gasteiger partial charge on any atom is 0.131 e. The maximum absolute atomic E-state index is 9.58. The summed E-state index contributed by atoms with van der Waals surface area (Å²) < 4.78 is 10.6. The van der Waals surface area contributed by atoms with Crippen molar-refractivity contribution in [1.82, 2.24) is 0 Å². The molecule has 0 saturated heterocycles. The predicted octanol–water partition coefficient (Wildman–Crippen LogP) is 2.85. The Hall–Kier alpha value is -1.42. The smallest absolute Gasteiger partial charge is 0.131 e. The topological polar surface area (TPSA) is 64.7 Å². The van der Waals surface area contributed by atoms with Gasteiger partial charge in [-0.1, -0.05) is 13.8 Å². The van der Waals surface area contributed by atoms with Crippen molar-refractivity contribution in [2.45, 2.75) is 32.7 Å². The molecular weight excluding hydrogens is 230 g/mol. The Bertz CT molecular complexity index is 366. The number of phenols is 1. The third kappa shape index (κ3) is 3.53. The Kier molecular flexibility index (Phi) is 5.28. The van der Waals surface area contributed by atoms with E-state index in [0.29, 0.717) is 17.4 Å². The molecule has 0 radical (unpaired) electrons. The first-order chi connectivity index (χ1) is 8.49. The van der Waals surface area contributed by atoms with E-state index in [1.54, 1.807) is 26.4 Å². The van der Waals surface area contributed by atoms with Crippen molar-refractivity contribution in [3.05, 3.63) is 17.7 Å². The van der Waals surface area contributed by atoms with E-state index in [2.05, 4.69) is 13.8 Å². The van der Waals surface area contributed by atoms with Gasteiger partial charge in [0.25, 0.3) is 0 Å². The SMILES string of the molecule is COc1cc(O)cc(OC)c1[C@H](N)CCC(C)C. The molecular formula is C14H23NO3. The van der Waals surface area contributed by atoms with E-state index in [1.165, 1.54) is 0 Å². The van der Waals surface area contributed by atoms with E-state index in [-0.39, 0.29) is 11.8 Å². The van der Waals surface area contributed by atoms with Crippen LogP contribution in [-0.4, -0.2) is 19.3 Å². The average Bonchev–Trinajstić information content (AvgIpc) is 2.34. The summed E-state index contributed by atoms with van der Waals surface area (Å²) >= 11 is 0. The van der Waals surface area contributed by atoms with Crippen LogP contribution in [0.15, 0.2) is 12.1 Å². The molecule has 3 N–H and O–H groups in total. The zero-order chi connectivity index (χ0) is 13.7. The first-order valence-corrected chi connectivity index (χ1v) is 6.20. The van der Waals surface area contributed by atoms with Crippen molar-refractivity contribution >= 4 is 0 Å². The summed E-state index contributed by atoms with van der Waals surface area (Å²) in [5.74, 6) is 1.86. The van der Waals surface area contributed by atoms with Crippen LogP contribution < -0.4 is 15.2 Å². The minimum Gasteiger partial charge on any atom is -0.508 e. The largest absolute Gasteiger partial charge is 0.508 e. The fraction of sp³-hybridized carbons (Fsp3) is 0.571. The van der Waals surface area contributed by atoms with Crippen molar-refractivity contribution in [2.75, 3.05) is 14.2 Å². The molecule has 1 rings (SSSR count). The van der Waals surface area contributed by atoms with Crippen LogP contribution in [0.1, 0.15) is 38.3 Å². The van der Waals surface area contributed by atoms with Crippen LogP contribution in [0.2, 0.25) is 0 Å². The third-order valence-corrected chi connectivity index (χ3v) is 2.95. The highest BCUT2D eigenvalue weighted by Gasteiger charge is 2.19. The van der Waals surface area contributed by atoms with Gasteiger partial charge in [-0.3, -0.25) is 0 Å². The Labute approximate surface area is 109 Å². The molecule has 1 aromatic carbocycles. The second-order valence-electron chi connectivity index (χ2n) is 4.84. The monoisotopic (exact) mass is 253 g/mol. The zero-order valence-electron chi connectivity index (χ0n) is 11.6. The summed E-state index contributed by atoms with van der Waals surface area (Å²) in [6.07, 6.45) is 1.89. The van der Waals surface area contributed by atoms with Gasteiger partial charge in [0.05, 0.1) is 19.8 Å². The summed E-state index contributed by atoms with van der Waals surface area (Å²) in [6, 6.07) is 2.97. The Morgan fingerprint density at radius 2 is 1.61 bits per heavy atom. The van der Waals surface area contributed by atoms with Crippen LogP contribution in [0.4, 0.5) is 0 Å². The molecule has 1 aromatic rings. The van der Waals surface area contributed by atoms with E-state index in [4.69, 9.17) is 15.2 Å². The number of hydrogen-bond donors (Lipinski definition) is 2. The second kappa shape index (κ2) is 6.50. The van der Waals surface area contributed by atoms with E-state index < -0.39 is 0 Å². The number of methoxy groups -OCH3 is 2. The second-order valence-corrected chi connectivity index (χ2v) is 4.84. The predicted molar refractivity (Wildman–Crippen MR) is 72.2 cm³/mol. The van der Waals surface area contributed by atoms with Gasteiger partial charge < -0.3 is 20.3 Å². The van der Waals surface area contributed by atoms with Crippen LogP contribution in [-0.2, 0) is 0 Å². The molecule has 0 bridgehead atoms. The minimum absolute atomic E-state index is 0.114. The van der Waals surface area contributed by atoms with E-state index in [9.17, 15) is 5.11 Å². The fourth-order valence-electron chi connectivity index (χ4n) is 1.95. The summed E-state index contributed by atoms with van der Waals surface area (Å²) in [7, 11) is 3.12. The lowest BCUT2D eigenvalue weighted by Gasteiger charge is -2.20. The Morgan fingerprint density at radius 3 is 2.00 bits per heavy atom. The quantitative estimate of drug-likeness (QED) is 0.818. The minimum atomic E-state index is -0.155. The summed E-state index contributed by atoms with van der Waals surface area (Å²) in [6.45, 7) is 4.33. The van der Waals surface area contributed by atoms with E-state index in [1.807, 2.05) is 0 Å². The summed E-state index contributed by atoms with van der Waals surface area (Å²) in [4.78, 5) is 0. The number of ether oxygens (including phenoxy) is 2. The van der Waals surface area contributed by atoms with Crippen LogP contribution in [0.25, 0.3) is 0 Å². The Balaban J connectivity index is 3.04. The number of benzene rings is 1. The van der Waals surface area contributed by atoms with E-state index in [0.717, 1.165) is 18.4 Å². The van der Waals surface area contributed by atoms with Crippen molar-refractivity contribution < 1.29 is 14.6 Å². The lowest BCUT2D eigenvalue weighted by atomic mass is 9.96. The molecule has 4 heteroatoms. The molecule has 0 unspecified atom stereocenters. The summed E-state index contributed by atoms with van der Waals surface area (Å²) in [5, 5.41) is 9.58. The average molecular weight is 253 g/mol. The molecule has 1 atom stereocenters. The lowest BCUT2D eigenvalue weighted by Crippen LogP contribution is -2.14. The van der Waals surface area contributed by atoms with Crippen molar-refractivity contribution in [1.29, 1.82) is 0 Å². The lowest BCUT2D eigenvalue weighted by molar-refractivity contribution is 0.366. The Morgan fingerprint density at radius 1 is 1.11 bits per heavy atom. The fourth-order valence-corrected chi connectivity index (χ4v) is 1.95. The van der Waals surface area contributed by atoms with Crippen LogP contribution >= 0.6 is 0 Å². The molecule has 0 aromatic heterocycles. The van der Waals surface area contributed by atoms with Crippen LogP contribution in [0.3, 0.4) is 0 Å². The van der Waals surface area contributed by atoms with Gasteiger partial charge in [-0.2, -0.15) is 0 Å². The maximum atomic E-state index is 9.58. The number of nitrogens with two attached hydrogens (primary N) is 1. The normalized spacial score (nSPS) is 12.6. The van der Waals surface area contributed by atoms with Gasteiger partial charge in [0.2, 0.25) is 0 Å². The van der Waals surface area contributed by atoms with Gasteiger partial charge in [-0.25, -0.2) is 0 Å². The molecule has 0 aliphatic rings. The van der Waals surface area contributed by atoms with Gasteiger partial charge in [-0.15, -0.1) is 0 Å². The molecule has 18 heavy (non-hydrogen) atoms. The molecule has 0 spiro atoms. The third-order valence-electron chi connectivity index (χ3n) is 2.95. The van der Waals surface area contributed by atoms with Gasteiger partial charge in [0.1, 0.15) is 17.2 Å². The highest BCUT2D eigenvalue weighted by molar-refractivity contribution is 5.51. The number of rotatable bonds is 6. The van der Waals surface area contributed by atoms with Crippen molar-refractivity contribution in [2.24, 2.45) is 11.7 Å². The first kappa shape index (κ1) is 14.6. The van der Waals surface area contributed by atoms with Crippen LogP contribution in [0, 0.1) is 5.92 Å². The van der Waals surface area contributed by atoms with Gasteiger partial charge in [0, 0.05) is 18.2 Å². The standard InChI is InChI=1S/C14H23NO3/c1-9(2)5-6-11(15)14-12(17-3)7-10(16)8-13(14)18-4/h7-9,11,16H,5-6,15H2,1-4H3/t11-/m1/s1. The molecule has 0 heterocycles. The van der Waals surface area contributed by atoms with Gasteiger partial charge >= 0.3 is 0 Å². The molecule has 0 aliphatic heterocycles.